The fourth-order valence-electron chi connectivity index (χ4n) is 4.04. The zero-order valence-electron chi connectivity index (χ0n) is 15.4. The SMILES string of the molecule is CC(=O)N1c2cc(OCc3ccc(F)c(F)c3)nc(=O)n2CC12CCNCC2. The van der Waals surface area contributed by atoms with Crippen molar-refractivity contribution < 1.29 is 18.3 Å². The van der Waals surface area contributed by atoms with Gasteiger partial charge in [-0.1, -0.05) is 6.07 Å². The highest BCUT2D eigenvalue weighted by molar-refractivity contribution is 5.93. The molecular formula is C19H20F2N4O3. The van der Waals surface area contributed by atoms with Crippen LogP contribution in [-0.4, -0.2) is 34.1 Å². The van der Waals surface area contributed by atoms with E-state index in [0.717, 1.165) is 38.1 Å². The van der Waals surface area contributed by atoms with Gasteiger partial charge in [0.1, 0.15) is 12.4 Å². The summed E-state index contributed by atoms with van der Waals surface area (Å²) in [5.41, 5.74) is -0.539. The van der Waals surface area contributed by atoms with Crippen LogP contribution in [0.15, 0.2) is 29.1 Å². The van der Waals surface area contributed by atoms with Gasteiger partial charge < -0.3 is 10.1 Å². The number of carbonyl (C=O) groups is 1. The van der Waals surface area contributed by atoms with E-state index in [1.807, 2.05) is 0 Å². The van der Waals surface area contributed by atoms with E-state index < -0.39 is 22.9 Å². The van der Waals surface area contributed by atoms with Crippen LogP contribution in [0.5, 0.6) is 5.88 Å². The second kappa shape index (κ2) is 6.97. The minimum absolute atomic E-state index is 0.0400. The first-order valence-electron chi connectivity index (χ1n) is 9.10. The van der Waals surface area contributed by atoms with Crippen LogP contribution in [0.3, 0.4) is 0 Å². The van der Waals surface area contributed by atoms with Crippen molar-refractivity contribution in [2.45, 2.75) is 38.5 Å². The number of aromatic nitrogens is 2. The molecule has 1 saturated heterocycles. The zero-order chi connectivity index (χ0) is 19.9. The summed E-state index contributed by atoms with van der Waals surface area (Å²) in [6.07, 6.45) is 1.47. The van der Waals surface area contributed by atoms with E-state index in [9.17, 15) is 18.4 Å². The minimum atomic E-state index is -0.973. The second-order valence-electron chi connectivity index (χ2n) is 7.19. The normalized spacial score (nSPS) is 17.6. The predicted octanol–water partition coefficient (Wildman–Crippen LogP) is 1.59. The number of ether oxygens (including phenoxy) is 1. The van der Waals surface area contributed by atoms with Crippen molar-refractivity contribution in [2.24, 2.45) is 0 Å². The summed E-state index contributed by atoms with van der Waals surface area (Å²) in [5.74, 6) is -1.57. The molecule has 28 heavy (non-hydrogen) atoms. The molecular weight excluding hydrogens is 370 g/mol. The van der Waals surface area contributed by atoms with E-state index in [-0.39, 0.29) is 18.4 Å². The molecule has 3 heterocycles. The Bertz CT molecular complexity index is 986. The second-order valence-corrected chi connectivity index (χ2v) is 7.19. The quantitative estimate of drug-likeness (QED) is 0.861. The molecule has 9 heteroatoms. The average Bonchev–Trinajstić information content (AvgIpc) is 2.97. The van der Waals surface area contributed by atoms with Crippen molar-refractivity contribution in [3.05, 3.63) is 51.9 Å². The van der Waals surface area contributed by atoms with Gasteiger partial charge in [-0.15, -0.1) is 0 Å². The fraction of sp³-hybridized carbons (Fsp3) is 0.421. The molecule has 0 saturated carbocycles. The number of hydrogen-bond acceptors (Lipinski definition) is 5. The van der Waals surface area contributed by atoms with Crippen molar-refractivity contribution >= 4 is 11.7 Å². The fourth-order valence-corrected chi connectivity index (χ4v) is 4.04. The first kappa shape index (κ1) is 18.5. The van der Waals surface area contributed by atoms with Crippen LogP contribution < -0.4 is 20.6 Å². The molecule has 0 bridgehead atoms. The maximum absolute atomic E-state index is 13.3. The first-order valence-corrected chi connectivity index (χ1v) is 9.10. The standard InChI is InChI=1S/C19H20F2N4O3/c1-12(26)25-17-9-16(28-10-13-2-3-14(20)15(21)8-13)23-18(27)24(17)11-19(25)4-6-22-7-5-19/h2-3,8-9,22H,4-7,10-11H2,1H3. The Kier molecular flexibility index (Phi) is 4.62. The smallest absolute Gasteiger partial charge is 0.352 e. The van der Waals surface area contributed by atoms with Gasteiger partial charge in [0.2, 0.25) is 11.8 Å². The van der Waals surface area contributed by atoms with Crippen molar-refractivity contribution in [2.75, 3.05) is 18.0 Å². The Morgan fingerprint density at radius 1 is 1.25 bits per heavy atom. The van der Waals surface area contributed by atoms with Crippen LogP contribution in [0, 0.1) is 11.6 Å². The molecule has 1 spiro atoms. The van der Waals surface area contributed by atoms with E-state index in [2.05, 4.69) is 10.3 Å². The summed E-state index contributed by atoms with van der Waals surface area (Å²) >= 11 is 0. The third-order valence-electron chi connectivity index (χ3n) is 5.34. The number of benzene rings is 1. The van der Waals surface area contributed by atoms with Gasteiger partial charge in [0.15, 0.2) is 11.6 Å². The van der Waals surface area contributed by atoms with E-state index in [1.165, 1.54) is 17.6 Å². The Balaban J connectivity index is 1.63. The van der Waals surface area contributed by atoms with E-state index in [0.29, 0.717) is 17.9 Å². The number of nitrogens with zero attached hydrogens (tertiary/aromatic N) is 3. The maximum atomic E-state index is 13.3. The lowest BCUT2D eigenvalue weighted by molar-refractivity contribution is -0.117. The highest BCUT2D eigenvalue weighted by atomic mass is 19.2. The minimum Gasteiger partial charge on any atom is -0.473 e. The summed E-state index contributed by atoms with van der Waals surface area (Å²) in [4.78, 5) is 30.6. The van der Waals surface area contributed by atoms with Gasteiger partial charge in [0.05, 0.1) is 12.1 Å². The lowest BCUT2D eigenvalue weighted by atomic mass is 9.87. The number of anilines is 1. The first-order chi connectivity index (χ1) is 13.4. The third-order valence-corrected chi connectivity index (χ3v) is 5.34. The number of piperidine rings is 1. The maximum Gasteiger partial charge on any atom is 0.352 e. The topological polar surface area (TPSA) is 76.5 Å². The predicted molar refractivity (Wildman–Crippen MR) is 97.2 cm³/mol. The monoisotopic (exact) mass is 390 g/mol. The number of amides is 1. The molecule has 148 valence electrons. The average molecular weight is 390 g/mol. The number of fused-ring (bicyclic) bond motifs is 1. The van der Waals surface area contributed by atoms with Crippen molar-refractivity contribution in [3.63, 3.8) is 0 Å². The molecule has 1 fully saturated rings. The number of rotatable bonds is 3. The van der Waals surface area contributed by atoms with Crippen LogP contribution in [0.4, 0.5) is 14.6 Å². The van der Waals surface area contributed by atoms with Gasteiger partial charge in [-0.2, -0.15) is 4.98 Å². The van der Waals surface area contributed by atoms with E-state index >= 15 is 0 Å². The Hall–Kier alpha value is -2.81. The lowest BCUT2D eigenvalue weighted by Crippen LogP contribution is -2.55. The van der Waals surface area contributed by atoms with Gasteiger partial charge in [-0.05, 0) is 43.6 Å². The van der Waals surface area contributed by atoms with Crippen LogP contribution in [0.25, 0.3) is 0 Å². The Morgan fingerprint density at radius 2 is 2.00 bits per heavy atom. The van der Waals surface area contributed by atoms with Crippen molar-refractivity contribution in [1.82, 2.24) is 14.9 Å². The third kappa shape index (κ3) is 3.15. The molecule has 0 atom stereocenters. The molecule has 1 aromatic heterocycles. The van der Waals surface area contributed by atoms with Crippen molar-refractivity contribution in [1.29, 1.82) is 0 Å². The summed E-state index contributed by atoms with van der Waals surface area (Å²) in [5, 5.41) is 3.27. The number of carbonyl (C=O) groups excluding carboxylic acids is 1. The molecule has 1 amide bonds. The molecule has 0 unspecified atom stereocenters. The molecule has 2 aliphatic rings. The highest BCUT2D eigenvalue weighted by Crippen LogP contribution is 2.39. The van der Waals surface area contributed by atoms with Gasteiger partial charge in [0.25, 0.3) is 0 Å². The molecule has 1 N–H and O–H groups in total. The summed E-state index contributed by atoms with van der Waals surface area (Å²) < 4.78 is 33.4. The molecule has 0 aliphatic carbocycles. The largest absolute Gasteiger partial charge is 0.473 e. The summed E-state index contributed by atoms with van der Waals surface area (Å²) in [6, 6.07) is 4.99. The summed E-state index contributed by atoms with van der Waals surface area (Å²) in [7, 11) is 0. The lowest BCUT2D eigenvalue weighted by Gasteiger charge is -2.40. The Morgan fingerprint density at radius 3 is 2.68 bits per heavy atom. The van der Waals surface area contributed by atoms with Crippen LogP contribution in [0.2, 0.25) is 0 Å². The number of nitrogens with one attached hydrogen (secondary N) is 1. The van der Waals surface area contributed by atoms with Crippen LogP contribution in [-0.2, 0) is 17.9 Å². The highest BCUT2D eigenvalue weighted by Gasteiger charge is 2.47. The van der Waals surface area contributed by atoms with Gasteiger partial charge in [-0.3, -0.25) is 14.3 Å². The molecule has 0 radical (unpaired) electrons. The van der Waals surface area contributed by atoms with E-state index in [4.69, 9.17) is 4.74 Å². The number of halogens is 2. The molecule has 2 aliphatic heterocycles. The molecule has 2 aromatic rings. The Labute approximate surface area is 159 Å². The van der Waals surface area contributed by atoms with Gasteiger partial charge in [0, 0.05) is 13.0 Å². The molecule has 1 aromatic carbocycles. The van der Waals surface area contributed by atoms with E-state index in [1.54, 1.807) is 11.0 Å². The zero-order valence-corrected chi connectivity index (χ0v) is 15.4. The van der Waals surface area contributed by atoms with Gasteiger partial charge in [-0.25, -0.2) is 13.6 Å². The van der Waals surface area contributed by atoms with Crippen molar-refractivity contribution in [3.8, 4) is 5.88 Å². The number of hydrogen-bond donors (Lipinski definition) is 1. The summed E-state index contributed by atoms with van der Waals surface area (Å²) in [6.45, 7) is 3.33. The van der Waals surface area contributed by atoms with Crippen LogP contribution >= 0.6 is 0 Å². The molecule has 4 rings (SSSR count). The van der Waals surface area contributed by atoms with Crippen LogP contribution in [0.1, 0.15) is 25.3 Å². The van der Waals surface area contributed by atoms with Gasteiger partial charge >= 0.3 is 5.69 Å². The molecule has 7 nitrogen and oxygen atoms in total.